The molecule has 0 amide bonds. The van der Waals surface area contributed by atoms with Crippen molar-refractivity contribution in [2.24, 2.45) is 0 Å². The number of rotatable bonds is 2. The van der Waals surface area contributed by atoms with E-state index in [0.717, 1.165) is 45.6 Å². The molecule has 0 bridgehead atoms. The summed E-state index contributed by atoms with van der Waals surface area (Å²) in [6, 6.07) is 23.9. The van der Waals surface area contributed by atoms with Crippen LogP contribution >= 0.6 is 0 Å². The first-order valence-corrected chi connectivity index (χ1v) is 9.26. The second-order valence-corrected chi connectivity index (χ2v) is 6.66. The fourth-order valence-electron chi connectivity index (χ4n) is 2.74. The van der Waals surface area contributed by atoms with Crippen LogP contribution in [0.15, 0.2) is 72.8 Å². The predicted molar refractivity (Wildman–Crippen MR) is 121 cm³/mol. The van der Waals surface area contributed by atoms with Gasteiger partial charge < -0.3 is 11.0 Å². The molecule has 4 rings (SSSR count). The minimum Gasteiger partial charge on any atom is -0.412 e. The molecule has 0 saturated carbocycles. The zero-order valence-electron chi connectivity index (χ0n) is 18.3. The topological polar surface area (TPSA) is 115 Å². The molecule has 0 aliphatic carbocycles. The van der Waals surface area contributed by atoms with Crippen LogP contribution in [0.2, 0.25) is 0 Å². The molecule has 0 aliphatic rings. The fourth-order valence-corrected chi connectivity index (χ4v) is 2.74. The first-order valence-electron chi connectivity index (χ1n) is 9.26. The third-order valence-electron chi connectivity index (χ3n) is 4.08. The van der Waals surface area contributed by atoms with Crippen molar-refractivity contribution in [2.45, 2.75) is 27.7 Å². The first-order chi connectivity index (χ1) is 13.5. The monoisotopic (exact) mass is 798 g/mol. The molecule has 6 nitrogen and oxygen atoms in total. The summed E-state index contributed by atoms with van der Waals surface area (Å²) in [6.45, 7) is 7.94. The molecule has 0 aliphatic heterocycles. The van der Waals surface area contributed by atoms with Gasteiger partial charge in [-0.25, -0.2) is 0 Å². The standard InChI is InChI=1S/2C12H12N2.2Au.2H2O/c2*1-9-5-3-7-11(13-9)12-8-4-6-10(2)14-12;;;;/h2*3-8H,1-2H3;;;2*1H2/q;;2*+1;;. The smallest absolute Gasteiger partial charge is 0.412 e. The van der Waals surface area contributed by atoms with Gasteiger partial charge in [0.05, 0.1) is 22.8 Å². The summed E-state index contributed by atoms with van der Waals surface area (Å²) in [5.74, 6) is 0. The van der Waals surface area contributed by atoms with Crippen molar-refractivity contribution in [3.63, 3.8) is 0 Å². The Bertz CT molecular complexity index is 921. The van der Waals surface area contributed by atoms with E-state index < -0.39 is 0 Å². The Kier molecular flexibility index (Phi) is 15.8. The maximum atomic E-state index is 4.42. The van der Waals surface area contributed by atoms with Gasteiger partial charge in [-0.3, -0.25) is 19.9 Å². The van der Waals surface area contributed by atoms with Crippen molar-refractivity contribution >= 4 is 0 Å². The average molecular weight is 798 g/mol. The Morgan fingerprint density at radius 1 is 0.375 bits per heavy atom. The molecule has 0 spiro atoms. The predicted octanol–water partition coefficient (Wildman–Crippen LogP) is 3.87. The SMILES string of the molecule is Cc1cccc(-c2cccc(C)n2)n1.Cc1cccc(-c2cccc(C)n2)n1.O.O.[Au+].[Au+]. The van der Waals surface area contributed by atoms with Crippen LogP contribution in [0.25, 0.3) is 22.8 Å². The second kappa shape index (κ2) is 15.7. The number of hydrogen-bond donors (Lipinski definition) is 0. The van der Waals surface area contributed by atoms with Crippen LogP contribution in [0.5, 0.6) is 0 Å². The molecule has 0 radical (unpaired) electrons. The molecular weight excluding hydrogens is 770 g/mol. The molecule has 0 fully saturated rings. The summed E-state index contributed by atoms with van der Waals surface area (Å²) in [4.78, 5) is 17.7. The van der Waals surface area contributed by atoms with E-state index in [1.54, 1.807) is 0 Å². The van der Waals surface area contributed by atoms with Gasteiger partial charge in [-0.05, 0) is 76.2 Å². The molecule has 0 atom stereocenters. The van der Waals surface area contributed by atoms with Gasteiger partial charge in [0.2, 0.25) is 0 Å². The summed E-state index contributed by atoms with van der Waals surface area (Å²) < 4.78 is 0. The molecule has 0 unspecified atom stereocenters. The molecule has 4 heterocycles. The third-order valence-corrected chi connectivity index (χ3v) is 4.08. The maximum absolute atomic E-state index is 4.42. The van der Waals surface area contributed by atoms with Gasteiger partial charge in [-0.2, -0.15) is 0 Å². The van der Waals surface area contributed by atoms with Gasteiger partial charge in [-0.15, -0.1) is 0 Å². The van der Waals surface area contributed by atoms with E-state index in [0.29, 0.717) is 0 Å². The van der Waals surface area contributed by atoms with Crippen molar-refractivity contribution in [3.8, 4) is 22.8 Å². The van der Waals surface area contributed by atoms with E-state index in [1.165, 1.54) is 0 Å². The molecule has 32 heavy (non-hydrogen) atoms. The van der Waals surface area contributed by atoms with Gasteiger partial charge >= 0.3 is 44.8 Å². The van der Waals surface area contributed by atoms with Crippen molar-refractivity contribution < 1.29 is 55.7 Å². The number of pyridine rings is 4. The van der Waals surface area contributed by atoms with E-state index >= 15 is 0 Å². The quantitative estimate of drug-likeness (QED) is 0.287. The number of hydrogen-bond acceptors (Lipinski definition) is 4. The fraction of sp³-hybridized carbons (Fsp3) is 0.167. The van der Waals surface area contributed by atoms with Gasteiger partial charge in [-0.1, -0.05) is 24.3 Å². The van der Waals surface area contributed by atoms with E-state index in [-0.39, 0.29) is 55.7 Å². The van der Waals surface area contributed by atoms with E-state index in [2.05, 4.69) is 19.9 Å². The van der Waals surface area contributed by atoms with Crippen molar-refractivity contribution in [1.29, 1.82) is 0 Å². The van der Waals surface area contributed by atoms with Crippen LogP contribution < -0.4 is 0 Å². The molecular formula is C24H28Au2N4O2+2. The normalized spacial score (nSPS) is 8.88. The van der Waals surface area contributed by atoms with Gasteiger partial charge in [0.15, 0.2) is 0 Å². The minimum atomic E-state index is 0. The van der Waals surface area contributed by atoms with Crippen LogP contribution in [0.3, 0.4) is 0 Å². The summed E-state index contributed by atoms with van der Waals surface area (Å²) in [5.41, 5.74) is 7.83. The Labute approximate surface area is 220 Å². The maximum Gasteiger partial charge on any atom is 1.00 e. The van der Waals surface area contributed by atoms with Crippen molar-refractivity contribution in [3.05, 3.63) is 95.6 Å². The molecule has 4 aromatic heterocycles. The van der Waals surface area contributed by atoms with Gasteiger partial charge in [0.1, 0.15) is 0 Å². The van der Waals surface area contributed by atoms with E-state index in [9.17, 15) is 0 Å². The first kappa shape index (κ1) is 32.2. The molecule has 4 N–H and O–H groups in total. The molecule has 176 valence electrons. The zero-order chi connectivity index (χ0) is 19.9. The Morgan fingerprint density at radius 3 is 0.719 bits per heavy atom. The van der Waals surface area contributed by atoms with Crippen LogP contribution in [-0.4, -0.2) is 30.9 Å². The minimum absolute atomic E-state index is 0. The second-order valence-electron chi connectivity index (χ2n) is 6.66. The van der Waals surface area contributed by atoms with Crippen molar-refractivity contribution in [1.82, 2.24) is 19.9 Å². The van der Waals surface area contributed by atoms with Crippen LogP contribution in [0.1, 0.15) is 22.8 Å². The molecule has 0 saturated heterocycles. The largest absolute Gasteiger partial charge is 1.00 e. The Hall–Kier alpha value is -2.00. The van der Waals surface area contributed by atoms with Crippen molar-refractivity contribution in [2.75, 3.05) is 0 Å². The zero-order valence-corrected chi connectivity index (χ0v) is 22.7. The van der Waals surface area contributed by atoms with Crippen LogP contribution in [-0.2, 0) is 44.8 Å². The number of nitrogens with zero attached hydrogens (tertiary/aromatic N) is 4. The summed E-state index contributed by atoms with van der Waals surface area (Å²) in [7, 11) is 0. The van der Waals surface area contributed by atoms with Crippen LogP contribution in [0, 0.1) is 27.7 Å². The summed E-state index contributed by atoms with van der Waals surface area (Å²) >= 11 is 0. The van der Waals surface area contributed by atoms with Crippen LogP contribution in [0.4, 0.5) is 0 Å². The van der Waals surface area contributed by atoms with E-state index in [1.807, 2.05) is 100 Å². The molecule has 4 aromatic rings. The summed E-state index contributed by atoms with van der Waals surface area (Å²) in [6.07, 6.45) is 0. The average Bonchev–Trinajstić information content (AvgIpc) is 2.69. The Balaban J connectivity index is 0. The summed E-state index contributed by atoms with van der Waals surface area (Å²) in [5, 5.41) is 0. The number of aryl methyl sites for hydroxylation is 4. The third kappa shape index (κ3) is 9.65. The molecule has 8 heteroatoms. The molecule has 0 aromatic carbocycles. The van der Waals surface area contributed by atoms with Gasteiger partial charge in [0, 0.05) is 22.8 Å². The number of aromatic nitrogens is 4. The van der Waals surface area contributed by atoms with Gasteiger partial charge in [0.25, 0.3) is 0 Å². The van der Waals surface area contributed by atoms with E-state index in [4.69, 9.17) is 0 Å². The Morgan fingerprint density at radius 2 is 0.562 bits per heavy atom.